The summed E-state index contributed by atoms with van der Waals surface area (Å²) in [6.07, 6.45) is 1.83. The first kappa shape index (κ1) is 14.9. The number of nitrogens with zero attached hydrogens (tertiary/aromatic N) is 4. The van der Waals surface area contributed by atoms with E-state index in [-0.39, 0.29) is 0 Å². The van der Waals surface area contributed by atoms with Crippen LogP contribution in [-0.4, -0.2) is 14.6 Å². The van der Waals surface area contributed by atoms with Crippen molar-refractivity contribution in [1.29, 1.82) is 5.26 Å². The Kier molecular flexibility index (Phi) is 3.85. The van der Waals surface area contributed by atoms with Gasteiger partial charge in [0.15, 0.2) is 11.5 Å². The molecule has 0 saturated heterocycles. The van der Waals surface area contributed by atoms with Crippen molar-refractivity contribution in [2.45, 2.75) is 6.61 Å². The van der Waals surface area contributed by atoms with Gasteiger partial charge in [-0.05, 0) is 35.9 Å². The molecule has 4 aromatic rings. The number of aromatic nitrogens is 3. The summed E-state index contributed by atoms with van der Waals surface area (Å²) >= 11 is 0. The average Bonchev–Trinajstić information content (AvgIpc) is 3.10. The van der Waals surface area contributed by atoms with Crippen LogP contribution in [-0.2, 0) is 6.61 Å². The van der Waals surface area contributed by atoms with Crippen molar-refractivity contribution < 1.29 is 4.74 Å². The molecule has 0 aliphatic heterocycles. The SMILES string of the molecule is N#Cc1ccc(-c2nc3cc(OCc4ccccc4)ccn3n2)cc1. The van der Waals surface area contributed by atoms with Crippen molar-refractivity contribution in [3.05, 3.63) is 84.1 Å². The molecule has 0 bridgehead atoms. The van der Waals surface area contributed by atoms with Gasteiger partial charge in [0, 0.05) is 17.8 Å². The van der Waals surface area contributed by atoms with Crippen molar-refractivity contribution in [3.63, 3.8) is 0 Å². The lowest BCUT2D eigenvalue weighted by Crippen LogP contribution is -1.96. The first-order chi connectivity index (χ1) is 12.3. The van der Waals surface area contributed by atoms with Gasteiger partial charge in [-0.1, -0.05) is 30.3 Å². The maximum atomic E-state index is 8.88. The Hall–Kier alpha value is -3.65. The van der Waals surface area contributed by atoms with Crippen molar-refractivity contribution in [2.75, 3.05) is 0 Å². The van der Waals surface area contributed by atoms with E-state index >= 15 is 0 Å². The monoisotopic (exact) mass is 326 g/mol. The highest BCUT2D eigenvalue weighted by Gasteiger charge is 2.07. The molecule has 2 aromatic heterocycles. The van der Waals surface area contributed by atoms with Crippen LogP contribution in [0.15, 0.2) is 72.9 Å². The predicted octanol–water partition coefficient (Wildman–Crippen LogP) is 3.85. The maximum absolute atomic E-state index is 8.88. The molecule has 4 rings (SSSR count). The minimum absolute atomic E-state index is 0.508. The normalized spacial score (nSPS) is 10.5. The molecule has 5 heteroatoms. The number of pyridine rings is 1. The molecule has 2 heterocycles. The van der Waals surface area contributed by atoms with Gasteiger partial charge in [0.25, 0.3) is 0 Å². The molecular weight excluding hydrogens is 312 g/mol. The second-order valence-corrected chi connectivity index (χ2v) is 5.56. The summed E-state index contributed by atoms with van der Waals surface area (Å²) in [5, 5.41) is 13.3. The van der Waals surface area contributed by atoms with E-state index in [1.165, 1.54) is 0 Å². The largest absolute Gasteiger partial charge is 0.489 e. The summed E-state index contributed by atoms with van der Waals surface area (Å²) < 4.78 is 7.54. The zero-order valence-electron chi connectivity index (χ0n) is 13.3. The Morgan fingerprint density at radius 1 is 1.00 bits per heavy atom. The summed E-state index contributed by atoms with van der Waals surface area (Å²) in [6.45, 7) is 0.508. The smallest absolute Gasteiger partial charge is 0.182 e. The van der Waals surface area contributed by atoms with Gasteiger partial charge < -0.3 is 4.74 Å². The van der Waals surface area contributed by atoms with E-state index < -0.39 is 0 Å². The molecule has 0 spiro atoms. The fourth-order valence-corrected chi connectivity index (χ4v) is 2.51. The third-order valence-electron chi connectivity index (χ3n) is 3.83. The van der Waals surface area contributed by atoms with Gasteiger partial charge in [-0.15, -0.1) is 5.10 Å². The molecule has 120 valence electrons. The fourth-order valence-electron chi connectivity index (χ4n) is 2.51. The van der Waals surface area contributed by atoms with Crippen LogP contribution < -0.4 is 4.74 Å². The molecule has 0 radical (unpaired) electrons. The van der Waals surface area contributed by atoms with E-state index in [0.717, 1.165) is 16.9 Å². The van der Waals surface area contributed by atoms with Crippen LogP contribution in [0.5, 0.6) is 5.75 Å². The third-order valence-corrected chi connectivity index (χ3v) is 3.83. The molecule has 2 aromatic carbocycles. The van der Waals surface area contributed by atoms with Crippen LogP contribution in [0.25, 0.3) is 17.0 Å². The zero-order chi connectivity index (χ0) is 17.1. The van der Waals surface area contributed by atoms with Gasteiger partial charge in [0.1, 0.15) is 12.4 Å². The Morgan fingerprint density at radius 3 is 2.56 bits per heavy atom. The Morgan fingerprint density at radius 2 is 1.80 bits per heavy atom. The number of fused-ring (bicyclic) bond motifs is 1. The molecule has 0 N–H and O–H groups in total. The van der Waals surface area contributed by atoms with Crippen LogP contribution >= 0.6 is 0 Å². The number of rotatable bonds is 4. The summed E-state index contributed by atoms with van der Waals surface area (Å²) in [4.78, 5) is 4.54. The van der Waals surface area contributed by atoms with Gasteiger partial charge >= 0.3 is 0 Å². The van der Waals surface area contributed by atoms with Gasteiger partial charge in [-0.25, -0.2) is 9.50 Å². The van der Waals surface area contributed by atoms with Crippen LogP contribution in [0.1, 0.15) is 11.1 Å². The second-order valence-electron chi connectivity index (χ2n) is 5.56. The van der Waals surface area contributed by atoms with Crippen molar-refractivity contribution >= 4 is 5.65 Å². The zero-order valence-corrected chi connectivity index (χ0v) is 13.3. The first-order valence-corrected chi connectivity index (χ1v) is 7.85. The van der Waals surface area contributed by atoms with Crippen LogP contribution in [0, 0.1) is 11.3 Å². The molecule has 5 nitrogen and oxygen atoms in total. The third kappa shape index (κ3) is 3.19. The predicted molar refractivity (Wildman–Crippen MR) is 93.9 cm³/mol. The van der Waals surface area contributed by atoms with Gasteiger partial charge in [-0.3, -0.25) is 0 Å². The molecule has 0 unspecified atom stereocenters. The first-order valence-electron chi connectivity index (χ1n) is 7.85. The van der Waals surface area contributed by atoms with Crippen molar-refractivity contribution in [1.82, 2.24) is 14.6 Å². The van der Waals surface area contributed by atoms with E-state index in [1.807, 2.05) is 60.8 Å². The van der Waals surface area contributed by atoms with E-state index in [0.29, 0.717) is 23.6 Å². The van der Waals surface area contributed by atoms with Gasteiger partial charge in [-0.2, -0.15) is 5.26 Å². The van der Waals surface area contributed by atoms with E-state index in [9.17, 15) is 0 Å². The molecular formula is C20H14N4O. The van der Waals surface area contributed by atoms with Crippen LogP contribution in [0.2, 0.25) is 0 Å². The highest BCUT2D eigenvalue weighted by atomic mass is 16.5. The van der Waals surface area contributed by atoms with Crippen molar-refractivity contribution in [3.8, 4) is 23.2 Å². The molecule has 0 aliphatic carbocycles. The Balaban J connectivity index is 1.57. The summed E-state index contributed by atoms with van der Waals surface area (Å²) in [7, 11) is 0. The molecule has 0 saturated carbocycles. The fraction of sp³-hybridized carbons (Fsp3) is 0.0500. The summed E-state index contributed by atoms with van der Waals surface area (Å²) in [5.41, 5.74) is 3.31. The Labute approximate surface area is 144 Å². The minimum atomic E-state index is 0.508. The Bertz CT molecular complexity index is 1050. The van der Waals surface area contributed by atoms with Gasteiger partial charge in [0.05, 0.1) is 11.6 Å². The number of benzene rings is 2. The number of nitriles is 1. The maximum Gasteiger partial charge on any atom is 0.182 e. The van der Waals surface area contributed by atoms with Crippen LogP contribution in [0.4, 0.5) is 0 Å². The highest BCUT2D eigenvalue weighted by Crippen LogP contribution is 2.20. The lowest BCUT2D eigenvalue weighted by Gasteiger charge is -2.05. The van der Waals surface area contributed by atoms with E-state index in [4.69, 9.17) is 10.00 Å². The summed E-state index contributed by atoms with van der Waals surface area (Å²) in [6, 6.07) is 23.1. The topological polar surface area (TPSA) is 63.2 Å². The van der Waals surface area contributed by atoms with E-state index in [2.05, 4.69) is 16.2 Å². The number of hydrogen-bond donors (Lipinski definition) is 0. The molecule has 0 aliphatic rings. The molecule has 0 fully saturated rings. The average molecular weight is 326 g/mol. The number of ether oxygens (including phenoxy) is 1. The lowest BCUT2D eigenvalue weighted by atomic mass is 10.1. The van der Waals surface area contributed by atoms with Crippen LogP contribution in [0.3, 0.4) is 0 Å². The summed E-state index contributed by atoms with van der Waals surface area (Å²) in [5.74, 6) is 1.36. The quantitative estimate of drug-likeness (QED) is 0.571. The second kappa shape index (κ2) is 6.46. The highest BCUT2D eigenvalue weighted by molar-refractivity contribution is 5.59. The van der Waals surface area contributed by atoms with E-state index in [1.54, 1.807) is 16.6 Å². The number of hydrogen-bond acceptors (Lipinski definition) is 4. The lowest BCUT2D eigenvalue weighted by molar-refractivity contribution is 0.306. The van der Waals surface area contributed by atoms with Gasteiger partial charge in [0.2, 0.25) is 0 Å². The minimum Gasteiger partial charge on any atom is -0.489 e. The molecule has 0 atom stereocenters. The molecule has 0 amide bonds. The van der Waals surface area contributed by atoms with Crippen molar-refractivity contribution in [2.24, 2.45) is 0 Å². The standard InChI is InChI=1S/C20H14N4O/c21-13-15-6-8-17(9-7-15)20-22-19-12-18(10-11-24(19)23-20)25-14-16-4-2-1-3-5-16/h1-12H,14H2. The molecule has 25 heavy (non-hydrogen) atoms.